The third-order valence-electron chi connectivity index (χ3n) is 8.09. The number of benzene rings is 2. The van der Waals surface area contributed by atoms with Crippen molar-refractivity contribution in [2.24, 2.45) is 0 Å². The van der Waals surface area contributed by atoms with Crippen molar-refractivity contribution in [2.45, 2.75) is 64.5 Å². The van der Waals surface area contributed by atoms with Gasteiger partial charge >= 0.3 is 11.9 Å². The normalized spacial score (nSPS) is 21.1. The van der Waals surface area contributed by atoms with E-state index in [2.05, 4.69) is 10.2 Å². The second-order valence-electron chi connectivity index (χ2n) is 10.1. The van der Waals surface area contributed by atoms with Gasteiger partial charge in [0.25, 0.3) is 0 Å². The fourth-order valence-corrected chi connectivity index (χ4v) is 5.88. The Morgan fingerprint density at radius 2 is 1.58 bits per heavy atom. The number of nitrogens with zero attached hydrogens (tertiary/aromatic N) is 1. The van der Waals surface area contributed by atoms with E-state index in [-0.39, 0.29) is 43.8 Å². The lowest BCUT2D eigenvalue weighted by Crippen LogP contribution is -2.48. The van der Waals surface area contributed by atoms with Crippen molar-refractivity contribution < 1.29 is 29.3 Å². The highest BCUT2D eigenvalue weighted by molar-refractivity contribution is 5.94. The number of carbonyl (C=O) groups is 2. The van der Waals surface area contributed by atoms with Gasteiger partial charge in [0.2, 0.25) is 0 Å². The summed E-state index contributed by atoms with van der Waals surface area (Å²) in [5.74, 6) is -0.588. The van der Waals surface area contributed by atoms with Crippen LogP contribution in [0.1, 0.15) is 85.5 Å². The van der Waals surface area contributed by atoms with Crippen LogP contribution in [0.4, 0.5) is 0 Å². The topological polar surface area (TPSA) is 108 Å². The number of nitrogens with one attached hydrogen (secondary N) is 1. The number of β-amino-alcohol motifs (C(OH)–C–C–N with tert-alkyl or cyclic N) is 1. The SMILES string of the molecule is Cc1c(C(CO)NCC2CCCCN2C[C@H](O)c2ccc3c(c2C)COC3=O)ccc2c1COC2=O. The molecule has 3 atom stereocenters. The second kappa shape index (κ2) is 10.3. The van der Waals surface area contributed by atoms with E-state index in [1.165, 1.54) is 0 Å². The summed E-state index contributed by atoms with van der Waals surface area (Å²) in [6.07, 6.45) is 2.54. The minimum atomic E-state index is -0.670. The van der Waals surface area contributed by atoms with Crippen molar-refractivity contribution in [3.8, 4) is 0 Å². The first kappa shape index (κ1) is 24.9. The molecule has 2 aromatic rings. The molecular formula is C28H34N2O6. The van der Waals surface area contributed by atoms with Crippen molar-refractivity contribution in [2.75, 3.05) is 26.2 Å². The van der Waals surface area contributed by atoms with Crippen LogP contribution in [-0.4, -0.2) is 59.3 Å². The number of aliphatic hydroxyl groups is 2. The van der Waals surface area contributed by atoms with Crippen molar-refractivity contribution in [3.05, 3.63) is 68.8 Å². The summed E-state index contributed by atoms with van der Waals surface area (Å²) >= 11 is 0. The molecule has 0 bridgehead atoms. The van der Waals surface area contributed by atoms with Crippen molar-refractivity contribution in [1.29, 1.82) is 0 Å². The minimum absolute atomic E-state index is 0.0567. The summed E-state index contributed by atoms with van der Waals surface area (Å²) in [4.78, 5) is 26.1. The number of piperidine rings is 1. The molecule has 3 aliphatic heterocycles. The maximum absolute atomic E-state index is 11.9. The monoisotopic (exact) mass is 494 g/mol. The Bertz CT molecular complexity index is 1180. The fourth-order valence-electron chi connectivity index (χ4n) is 5.88. The Morgan fingerprint density at radius 3 is 2.22 bits per heavy atom. The van der Waals surface area contributed by atoms with Gasteiger partial charge in [0.05, 0.1) is 29.9 Å². The van der Waals surface area contributed by atoms with Gasteiger partial charge in [0.15, 0.2) is 0 Å². The first-order valence-corrected chi connectivity index (χ1v) is 12.7. The van der Waals surface area contributed by atoms with Crippen LogP contribution in [0.15, 0.2) is 24.3 Å². The van der Waals surface area contributed by atoms with Crippen LogP contribution >= 0.6 is 0 Å². The van der Waals surface area contributed by atoms with Gasteiger partial charge in [-0.05, 0) is 67.6 Å². The molecule has 0 saturated carbocycles. The zero-order valence-electron chi connectivity index (χ0n) is 20.9. The molecule has 3 heterocycles. The van der Waals surface area contributed by atoms with Gasteiger partial charge in [-0.1, -0.05) is 18.6 Å². The van der Waals surface area contributed by atoms with Gasteiger partial charge in [-0.2, -0.15) is 0 Å². The van der Waals surface area contributed by atoms with Gasteiger partial charge in [-0.3, -0.25) is 4.90 Å². The number of rotatable bonds is 8. The summed E-state index contributed by atoms with van der Waals surface area (Å²) in [5.41, 5.74) is 6.69. The lowest BCUT2D eigenvalue weighted by molar-refractivity contribution is 0.0525. The number of esters is 2. The van der Waals surface area contributed by atoms with E-state index < -0.39 is 6.10 Å². The summed E-state index contributed by atoms with van der Waals surface area (Å²) in [5, 5.41) is 24.9. The maximum Gasteiger partial charge on any atom is 0.338 e. The van der Waals surface area contributed by atoms with Crippen molar-refractivity contribution in [1.82, 2.24) is 10.2 Å². The smallest absolute Gasteiger partial charge is 0.338 e. The molecule has 0 amide bonds. The zero-order chi connectivity index (χ0) is 25.4. The molecule has 2 aromatic carbocycles. The Morgan fingerprint density at radius 1 is 0.972 bits per heavy atom. The largest absolute Gasteiger partial charge is 0.457 e. The molecule has 0 aromatic heterocycles. The predicted octanol–water partition coefficient (Wildman–Crippen LogP) is 2.86. The molecule has 5 rings (SSSR count). The summed E-state index contributed by atoms with van der Waals surface area (Å²) < 4.78 is 10.3. The van der Waals surface area contributed by atoms with Crippen molar-refractivity contribution >= 4 is 11.9 Å². The van der Waals surface area contributed by atoms with Crippen LogP contribution in [-0.2, 0) is 22.7 Å². The van der Waals surface area contributed by atoms with Crippen LogP contribution < -0.4 is 5.32 Å². The second-order valence-corrected chi connectivity index (χ2v) is 10.1. The quantitative estimate of drug-likeness (QED) is 0.481. The van der Waals surface area contributed by atoms with E-state index in [1.54, 1.807) is 12.1 Å². The number of hydrogen-bond donors (Lipinski definition) is 3. The molecule has 2 unspecified atom stereocenters. The molecule has 192 valence electrons. The lowest BCUT2D eigenvalue weighted by atomic mass is 9.93. The van der Waals surface area contributed by atoms with E-state index in [0.717, 1.165) is 59.2 Å². The third-order valence-corrected chi connectivity index (χ3v) is 8.09. The van der Waals surface area contributed by atoms with E-state index in [9.17, 15) is 19.8 Å². The average Bonchev–Trinajstić information content (AvgIpc) is 3.45. The van der Waals surface area contributed by atoms with Gasteiger partial charge in [0.1, 0.15) is 13.2 Å². The maximum atomic E-state index is 11.9. The first-order chi connectivity index (χ1) is 17.4. The number of fused-ring (bicyclic) bond motifs is 2. The molecule has 3 N–H and O–H groups in total. The van der Waals surface area contributed by atoms with Crippen LogP contribution in [0.2, 0.25) is 0 Å². The van der Waals surface area contributed by atoms with Crippen LogP contribution in [0.25, 0.3) is 0 Å². The van der Waals surface area contributed by atoms with Crippen molar-refractivity contribution in [3.63, 3.8) is 0 Å². The number of hydrogen-bond acceptors (Lipinski definition) is 8. The summed E-state index contributed by atoms with van der Waals surface area (Å²) in [7, 11) is 0. The molecule has 1 saturated heterocycles. The summed E-state index contributed by atoms with van der Waals surface area (Å²) in [6, 6.07) is 7.27. The standard InChI is InChI=1S/C28H34N2O6/c1-16-19(6-8-21-23(16)14-35-27(21)33)25(13-31)29-11-18-5-3-4-10-30(18)12-26(32)20-7-9-22-24(17(20)2)15-36-28(22)34/h6-9,18,25-26,29,31-32H,3-5,10-15H2,1-2H3/t18?,25?,26-/m0/s1. The van der Waals surface area contributed by atoms with E-state index in [4.69, 9.17) is 9.47 Å². The number of likely N-dealkylation sites (tertiary alicyclic amines) is 1. The lowest BCUT2D eigenvalue weighted by Gasteiger charge is -2.38. The molecule has 1 fully saturated rings. The highest BCUT2D eigenvalue weighted by Gasteiger charge is 2.30. The van der Waals surface area contributed by atoms with Crippen LogP contribution in [0.5, 0.6) is 0 Å². The number of aliphatic hydroxyl groups excluding tert-OH is 2. The molecule has 0 radical (unpaired) electrons. The summed E-state index contributed by atoms with van der Waals surface area (Å²) in [6.45, 7) is 6.48. The molecular weight excluding hydrogens is 460 g/mol. The average molecular weight is 495 g/mol. The first-order valence-electron chi connectivity index (χ1n) is 12.7. The number of cyclic esters (lactones) is 2. The third kappa shape index (κ3) is 4.54. The highest BCUT2D eigenvalue weighted by Crippen LogP contribution is 2.31. The van der Waals surface area contributed by atoms with Crippen LogP contribution in [0.3, 0.4) is 0 Å². The Kier molecular flexibility index (Phi) is 7.12. The van der Waals surface area contributed by atoms with Gasteiger partial charge in [-0.25, -0.2) is 9.59 Å². The van der Waals surface area contributed by atoms with E-state index >= 15 is 0 Å². The molecule has 8 heteroatoms. The predicted molar refractivity (Wildman–Crippen MR) is 133 cm³/mol. The molecule has 8 nitrogen and oxygen atoms in total. The van der Waals surface area contributed by atoms with Gasteiger partial charge < -0.3 is 25.0 Å². The molecule has 0 spiro atoms. The Balaban J connectivity index is 1.27. The van der Waals surface area contributed by atoms with Gasteiger partial charge in [-0.15, -0.1) is 0 Å². The number of carbonyl (C=O) groups excluding carboxylic acids is 2. The van der Waals surface area contributed by atoms with E-state index in [1.807, 2.05) is 26.0 Å². The zero-order valence-corrected chi connectivity index (χ0v) is 20.9. The molecule has 0 aliphatic carbocycles. The minimum Gasteiger partial charge on any atom is -0.457 e. The molecule has 36 heavy (non-hydrogen) atoms. The van der Waals surface area contributed by atoms with E-state index in [0.29, 0.717) is 24.2 Å². The highest BCUT2D eigenvalue weighted by atomic mass is 16.5. The number of ether oxygens (including phenoxy) is 2. The van der Waals surface area contributed by atoms with Gasteiger partial charge in [0, 0.05) is 30.3 Å². The fraction of sp³-hybridized carbons (Fsp3) is 0.500. The van der Waals surface area contributed by atoms with Crippen LogP contribution in [0, 0.1) is 13.8 Å². The molecule has 3 aliphatic rings. The Labute approximate surface area is 211 Å². The Hall–Kier alpha value is -2.78.